The Morgan fingerprint density at radius 2 is 0.826 bits per heavy atom. The number of hydrogen-bond donors (Lipinski definition) is 2. The van der Waals surface area contributed by atoms with Gasteiger partial charge in [-0.3, -0.25) is 28.8 Å². The molecular weight excluding hydrogens is 612 g/mol. The molecule has 16 heteroatoms. The number of esters is 6. The lowest BCUT2D eigenvalue weighted by Crippen LogP contribution is -2.53. The zero-order valence-corrected chi connectivity index (χ0v) is 25.7. The van der Waals surface area contributed by atoms with Crippen molar-refractivity contribution in [2.75, 3.05) is 14.2 Å². The van der Waals surface area contributed by atoms with Gasteiger partial charge in [0.25, 0.3) is 0 Å². The molecule has 0 unspecified atom stereocenters. The number of carbonyl (C=O) groups excluding carboxylic acids is 8. The summed E-state index contributed by atoms with van der Waals surface area (Å²) in [6.07, 6.45) is -0.511. The van der Waals surface area contributed by atoms with E-state index in [9.17, 15) is 38.4 Å². The molecular formula is C30H32N2O14. The van der Waals surface area contributed by atoms with Crippen LogP contribution >= 0.6 is 0 Å². The second-order valence-corrected chi connectivity index (χ2v) is 9.44. The largest absolute Gasteiger partial charge is 0.467 e. The highest BCUT2D eigenvalue weighted by molar-refractivity contribution is 6.35. The van der Waals surface area contributed by atoms with Gasteiger partial charge in [-0.1, -0.05) is 12.1 Å². The van der Waals surface area contributed by atoms with Crippen LogP contribution in [0.15, 0.2) is 36.4 Å². The third-order valence-corrected chi connectivity index (χ3v) is 5.70. The molecule has 0 saturated heterocycles. The first kappa shape index (κ1) is 36.4. The lowest BCUT2D eigenvalue weighted by Gasteiger charge is -2.20. The van der Waals surface area contributed by atoms with Crippen LogP contribution in [0.2, 0.25) is 0 Å². The molecule has 0 heterocycles. The van der Waals surface area contributed by atoms with Gasteiger partial charge in [0.2, 0.25) is 0 Å². The fraction of sp³-hybridized carbons (Fsp3) is 0.333. The lowest BCUT2D eigenvalue weighted by molar-refractivity contribution is -0.149. The summed E-state index contributed by atoms with van der Waals surface area (Å²) in [5, 5.41) is 4.46. The van der Waals surface area contributed by atoms with Crippen molar-refractivity contribution < 1.29 is 66.8 Å². The van der Waals surface area contributed by atoms with Crippen LogP contribution in [0.4, 0.5) is 0 Å². The summed E-state index contributed by atoms with van der Waals surface area (Å²) in [5.74, 6) is -7.70. The third-order valence-electron chi connectivity index (χ3n) is 5.70. The molecule has 0 fully saturated rings. The Kier molecular flexibility index (Phi) is 13.4. The summed E-state index contributed by atoms with van der Waals surface area (Å²) < 4.78 is 29.7. The zero-order chi connectivity index (χ0) is 34.6. The van der Waals surface area contributed by atoms with Gasteiger partial charge in [-0.05, 0) is 35.4 Å². The Morgan fingerprint density at radius 3 is 1.11 bits per heavy atom. The van der Waals surface area contributed by atoms with Crippen LogP contribution in [0.3, 0.4) is 0 Å². The number of amides is 2. The standard InChI is InChI=1S/C30H32N2O14/c1-15(33)43-23-9-7-19(13-25(23)45-17(3)35)11-21(29(39)41-5)31-27(37)28(38)32-22(30(40)42-6)12-20-8-10-24(44-16(2)34)26(14-20)46-18(4)36/h7-10,13-14,21-22H,11-12H2,1-6H3,(H,31,37)(H,32,38)/t21-,22-/m0/s1. The maximum atomic E-state index is 12.9. The van der Waals surface area contributed by atoms with Gasteiger partial charge in [0.05, 0.1) is 14.2 Å². The number of carbonyl (C=O) groups is 8. The van der Waals surface area contributed by atoms with Gasteiger partial charge in [0, 0.05) is 40.5 Å². The Hall–Kier alpha value is -5.80. The highest BCUT2D eigenvalue weighted by Crippen LogP contribution is 2.30. The van der Waals surface area contributed by atoms with Crippen molar-refractivity contribution in [1.82, 2.24) is 10.6 Å². The van der Waals surface area contributed by atoms with Crippen molar-refractivity contribution in [3.05, 3.63) is 47.5 Å². The van der Waals surface area contributed by atoms with Gasteiger partial charge < -0.3 is 39.1 Å². The molecule has 0 aliphatic rings. The molecule has 2 aromatic rings. The molecule has 2 N–H and O–H groups in total. The number of ether oxygens (including phenoxy) is 6. The highest BCUT2D eigenvalue weighted by atomic mass is 16.6. The van der Waals surface area contributed by atoms with Gasteiger partial charge in [0.1, 0.15) is 12.1 Å². The van der Waals surface area contributed by atoms with E-state index in [0.717, 1.165) is 41.9 Å². The molecule has 0 aliphatic heterocycles. The number of rotatable bonds is 12. The fourth-order valence-corrected chi connectivity index (χ4v) is 3.90. The van der Waals surface area contributed by atoms with Crippen molar-refractivity contribution in [3.63, 3.8) is 0 Å². The summed E-state index contributed by atoms with van der Waals surface area (Å²) in [4.78, 5) is 96.6. The summed E-state index contributed by atoms with van der Waals surface area (Å²) in [7, 11) is 2.11. The van der Waals surface area contributed by atoms with E-state index >= 15 is 0 Å². The van der Waals surface area contributed by atoms with E-state index in [1.807, 2.05) is 0 Å². The van der Waals surface area contributed by atoms with E-state index < -0.39 is 59.7 Å². The van der Waals surface area contributed by atoms with Gasteiger partial charge in [-0.2, -0.15) is 0 Å². The van der Waals surface area contributed by atoms with Gasteiger partial charge in [-0.25, -0.2) is 9.59 Å². The van der Waals surface area contributed by atoms with Crippen LogP contribution in [0.25, 0.3) is 0 Å². The average Bonchev–Trinajstić information content (AvgIpc) is 2.97. The van der Waals surface area contributed by atoms with E-state index in [-0.39, 0.29) is 35.8 Å². The Labute approximate surface area is 262 Å². The first-order valence-electron chi connectivity index (χ1n) is 13.4. The molecule has 0 bridgehead atoms. The molecule has 0 aromatic heterocycles. The molecule has 16 nitrogen and oxygen atoms in total. The SMILES string of the molecule is COC(=O)[C@H](Cc1ccc(OC(C)=O)c(OC(C)=O)c1)NC(=O)C(=O)N[C@@H](Cc1ccc(OC(C)=O)c(OC(C)=O)c1)C(=O)OC. The van der Waals surface area contributed by atoms with Gasteiger partial charge >= 0.3 is 47.6 Å². The molecule has 2 amide bonds. The second kappa shape index (κ2) is 16.9. The van der Waals surface area contributed by atoms with E-state index in [2.05, 4.69) is 10.6 Å². The smallest absolute Gasteiger partial charge is 0.328 e. The van der Waals surface area contributed by atoms with Crippen molar-refractivity contribution in [1.29, 1.82) is 0 Å². The molecule has 2 rings (SSSR count). The molecule has 2 atom stereocenters. The third kappa shape index (κ3) is 11.4. The first-order chi connectivity index (χ1) is 21.6. The molecule has 0 spiro atoms. The minimum atomic E-state index is -1.43. The molecule has 2 aromatic carbocycles. The number of nitrogens with one attached hydrogen (secondary N) is 2. The summed E-state index contributed by atoms with van der Waals surface area (Å²) >= 11 is 0. The lowest BCUT2D eigenvalue weighted by atomic mass is 10.0. The van der Waals surface area contributed by atoms with Crippen molar-refractivity contribution in [2.45, 2.75) is 52.6 Å². The summed E-state index contributed by atoms with van der Waals surface area (Å²) in [6.45, 7) is 4.54. The molecule has 246 valence electrons. The predicted octanol–water partition coefficient (Wildman–Crippen LogP) is 0.489. The number of methoxy groups -OCH3 is 2. The van der Waals surface area contributed by atoms with E-state index in [1.54, 1.807) is 0 Å². The van der Waals surface area contributed by atoms with Gasteiger partial charge in [-0.15, -0.1) is 0 Å². The van der Waals surface area contributed by atoms with E-state index in [1.165, 1.54) is 36.4 Å². The van der Waals surface area contributed by atoms with Crippen LogP contribution in [-0.2, 0) is 60.7 Å². The Balaban J connectivity index is 2.26. The van der Waals surface area contributed by atoms with Crippen molar-refractivity contribution in [3.8, 4) is 23.0 Å². The van der Waals surface area contributed by atoms with Crippen LogP contribution < -0.4 is 29.6 Å². The maximum absolute atomic E-state index is 12.9. The number of hydrogen-bond acceptors (Lipinski definition) is 14. The monoisotopic (exact) mass is 644 g/mol. The maximum Gasteiger partial charge on any atom is 0.328 e. The Morgan fingerprint density at radius 1 is 0.522 bits per heavy atom. The minimum Gasteiger partial charge on any atom is -0.467 e. The minimum absolute atomic E-state index is 0.0701. The molecule has 0 saturated carbocycles. The van der Waals surface area contributed by atoms with Crippen LogP contribution in [0.1, 0.15) is 38.8 Å². The highest BCUT2D eigenvalue weighted by Gasteiger charge is 2.30. The molecule has 0 radical (unpaired) electrons. The molecule has 46 heavy (non-hydrogen) atoms. The van der Waals surface area contributed by atoms with E-state index in [4.69, 9.17) is 28.4 Å². The fourth-order valence-electron chi connectivity index (χ4n) is 3.90. The Bertz CT molecular complexity index is 1420. The van der Waals surface area contributed by atoms with Gasteiger partial charge in [0.15, 0.2) is 23.0 Å². The predicted molar refractivity (Wildman–Crippen MR) is 153 cm³/mol. The van der Waals surface area contributed by atoms with Crippen molar-refractivity contribution >= 4 is 47.6 Å². The zero-order valence-electron chi connectivity index (χ0n) is 25.7. The summed E-state index contributed by atoms with van der Waals surface area (Å²) in [6, 6.07) is 5.22. The normalized spacial score (nSPS) is 11.5. The molecule has 0 aliphatic carbocycles. The van der Waals surface area contributed by atoms with Crippen LogP contribution in [0, 0.1) is 0 Å². The first-order valence-corrected chi connectivity index (χ1v) is 13.4. The quantitative estimate of drug-likeness (QED) is 0.183. The topological polar surface area (TPSA) is 216 Å². The van der Waals surface area contributed by atoms with Crippen LogP contribution in [0.5, 0.6) is 23.0 Å². The number of benzene rings is 2. The average molecular weight is 645 g/mol. The summed E-state index contributed by atoms with van der Waals surface area (Å²) in [5.41, 5.74) is 0.632. The second-order valence-electron chi connectivity index (χ2n) is 9.44. The van der Waals surface area contributed by atoms with Crippen LogP contribution in [-0.4, -0.2) is 73.9 Å². The van der Waals surface area contributed by atoms with Crippen molar-refractivity contribution in [2.24, 2.45) is 0 Å². The van der Waals surface area contributed by atoms with E-state index in [0.29, 0.717) is 11.1 Å².